The quantitative estimate of drug-likeness (QED) is 0.817. The normalized spacial score (nSPS) is 17.5. The second kappa shape index (κ2) is 9.15. The van der Waals surface area contributed by atoms with Gasteiger partial charge >= 0.3 is 0 Å². The zero-order valence-electron chi connectivity index (χ0n) is 15.7. The van der Waals surface area contributed by atoms with Crippen LogP contribution in [0.25, 0.3) is 0 Å². The van der Waals surface area contributed by atoms with Gasteiger partial charge in [0.2, 0.25) is 5.91 Å². The van der Waals surface area contributed by atoms with E-state index in [-0.39, 0.29) is 17.8 Å². The van der Waals surface area contributed by atoms with E-state index in [1.165, 1.54) is 12.1 Å². The van der Waals surface area contributed by atoms with Crippen LogP contribution < -0.4 is 10.1 Å². The molecule has 1 saturated heterocycles. The van der Waals surface area contributed by atoms with Gasteiger partial charge in [-0.05, 0) is 31.0 Å². The van der Waals surface area contributed by atoms with Crippen molar-refractivity contribution in [1.29, 1.82) is 0 Å². The van der Waals surface area contributed by atoms with Gasteiger partial charge in [-0.1, -0.05) is 13.8 Å². The van der Waals surface area contributed by atoms with Crippen LogP contribution in [-0.4, -0.2) is 61.6 Å². The number of halogens is 1. The molecule has 5 nitrogen and oxygen atoms in total. The van der Waals surface area contributed by atoms with Crippen LogP contribution in [0, 0.1) is 11.7 Å². The number of ether oxygens (including phenoxy) is 1. The summed E-state index contributed by atoms with van der Waals surface area (Å²) in [5.41, 5.74) is 0.861. The molecule has 0 saturated carbocycles. The van der Waals surface area contributed by atoms with Crippen molar-refractivity contribution in [3.05, 3.63) is 29.6 Å². The van der Waals surface area contributed by atoms with E-state index in [1.54, 1.807) is 13.2 Å². The van der Waals surface area contributed by atoms with Crippen molar-refractivity contribution >= 4 is 5.91 Å². The largest absolute Gasteiger partial charge is 0.496 e. The fourth-order valence-electron chi connectivity index (χ4n) is 2.89. The number of carbonyl (C=O) groups excluding carboxylic acids is 1. The van der Waals surface area contributed by atoms with Crippen molar-refractivity contribution < 1.29 is 13.9 Å². The van der Waals surface area contributed by atoms with Gasteiger partial charge in [0.25, 0.3) is 0 Å². The number of rotatable bonds is 7. The Morgan fingerprint density at radius 1 is 1.20 bits per heavy atom. The monoisotopic (exact) mass is 351 g/mol. The first kappa shape index (κ1) is 19.7. The summed E-state index contributed by atoms with van der Waals surface area (Å²) in [5, 5.41) is 3.05. The maximum absolute atomic E-state index is 13.5. The van der Waals surface area contributed by atoms with Gasteiger partial charge in [-0.3, -0.25) is 14.6 Å². The Morgan fingerprint density at radius 3 is 2.44 bits per heavy atom. The van der Waals surface area contributed by atoms with E-state index < -0.39 is 0 Å². The van der Waals surface area contributed by atoms with Gasteiger partial charge < -0.3 is 10.1 Å². The number of piperazine rings is 1. The number of nitrogens with one attached hydrogen (secondary N) is 1. The lowest BCUT2D eigenvalue weighted by atomic mass is 10.1. The standard InChI is InChI=1S/C19H30FN3O2/c1-14(2)15(3)21-19(24)13-23-9-7-22(8-10-23)12-16-11-17(20)5-6-18(16)25-4/h5-6,11,14-15H,7-10,12-13H2,1-4H3,(H,21,24)/t15-/m1/s1. The van der Waals surface area contributed by atoms with E-state index in [0.717, 1.165) is 31.7 Å². The Hall–Kier alpha value is -1.66. The van der Waals surface area contributed by atoms with E-state index in [0.29, 0.717) is 24.8 Å². The fraction of sp³-hybridized carbons (Fsp3) is 0.632. The summed E-state index contributed by atoms with van der Waals surface area (Å²) >= 11 is 0. The molecule has 25 heavy (non-hydrogen) atoms. The molecular formula is C19H30FN3O2. The molecule has 1 aliphatic heterocycles. The predicted octanol–water partition coefficient (Wildman–Crippen LogP) is 2.11. The van der Waals surface area contributed by atoms with E-state index in [1.807, 2.05) is 6.92 Å². The number of carbonyl (C=O) groups is 1. The van der Waals surface area contributed by atoms with Gasteiger partial charge in [-0.2, -0.15) is 0 Å². The molecule has 1 atom stereocenters. The molecule has 2 rings (SSSR count). The average molecular weight is 351 g/mol. The van der Waals surface area contributed by atoms with Gasteiger partial charge in [0.1, 0.15) is 11.6 Å². The van der Waals surface area contributed by atoms with Gasteiger partial charge in [0.15, 0.2) is 0 Å². The molecule has 1 amide bonds. The number of benzene rings is 1. The molecule has 0 aliphatic carbocycles. The van der Waals surface area contributed by atoms with Crippen LogP contribution in [0.15, 0.2) is 18.2 Å². The summed E-state index contributed by atoms with van der Waals surface area (Å²) in [7, 11) is 1.60. The Balaban J connectivity index is 1.80. The molecule has 1 aromatic carbocycles. The average Bonchev–Trinajstić information content (AvgIpc) is 2.56. The Morgan fingerprint density at radius 2 is 1.84 bits per heavy atom. The zero-order chi connectivity index (χ0) is 18.4. The molecule has 0 aromatic heterocycles. The van der Waals surface area contributed by atoms with Gasteiger partial charge in [0, 0.05) is 44.3 Å². The summed E-state index contributed by atoms with van der Waals surface area (Å²) in [4.78, 5) is 16.5. The summed E-state index contributed by atoms with van der Waals surface area (Å²) in [5.74, 6) is 0.986. The topological polar surface area (TPSA) is 44.8 Å². The number of hydrogen-bond acceptors (Lipinski definition) is 4. The molecule has 1 fully saturated rings. The van der Waals surface area contributed by atoms with Crippen LogP contribution in [0.5, 0.6) is 5.75 Å². The summed E-state index contributed by atoms with van der Waals surface area (Å²) < 4.78 is 18.8. The Labute approximate surface area is 150 Å². The van der Waals surface area contributed by atoms with Gasteiger partial charge in [-0.15, -0.1) is 0 Å². The van der Waals surface area contributed by atoms with Crippen molar-refractivity contribution in [1.82, 2.24) is 15.1 Å². The highest BCUT2D eigenvalue weighted by Crippen LogP contribution is 2.21. The van der Waals surface area contributed by atoms with E-state index >= 15 is 0 Å². The molecule has 0 radical (unpaired) electrons. The maximum Gasteiger partial charge on any atom is 0.234 e. The molecule has 0 unspecified atom stereocenters. The molecule has 1 N–H and O–H groups in total. The van der Waals surface area contributed by atoms with Crippen LogP contribution in [0.2, 0.25) is 0 Å². The Bertz CT molecular complexity index is 572. The predicted molar refractivity (Wildman–Crippen MR) is 97.1 cm³/mol. The minimum absolute atomic E-state index is 0.0847. The lowest BCUT2D eigenvalue weighted by Crippen LogP contribution is -2.50. The second-order valence-electron chi connectivity index (χ2n) is 7.11. The maximum atomic E-state index is 13.5. The SMILES string of the molecule is COc1ccc(F)cc1CN1CCN(CC(=O)N[C@H](C)C(C)C)CC1. The van der Waals surface area contributed by atoms with Crippen molar-refractivity contribution in [3.63, 3.8) is 0 Å². The summed E-state index contributed by atoms with van der Waals surface area (Å²) in [6.07, 6.45) is 0. The van der Waals surface area contributed by atoms with Crippen molar-refractivity contribution in [3.8, 4) is 5.75 Å². The van der Waals surface area contributed by atoms with E-state index in [9.17, 15) is 9.18 Å². The molecular weight excluding hydrogens is 321 g/mol. The third-order valence-corrected chi connectivity index (χ3v) is 4.86. The van der Waals surface area contributed by atoms with Crippen LogP contribution in [-0.2, 0) is 11.3 Å². The molecule has 140 valence electrons. The first-order valence-corrected chi connectivity index (χ1v) is 8.95. The third kappa shape index (κ3) is 5.97. The van der Waals surface area contributed by atoms with Crippen molar-refractivity contribution in [2.24, 2.45) is 5.92 Å². The number of amides is 1. The van der Waals surface area contributed by atoms with Crippen LogP contribution in [0.4, 0.5) is 4.39 Å². The molecule has 1 heterocycles. The molecule has 1 aliphatic rings. The van der Waals surface area contributed by atoms with Gasteiger partial charge in [0.05, 0.1) is 13.7 Å². The van der Waals surface area contributed by atoms with E-state index in [4.69, 9.17) is 4.74 Å². The highest BCUT2D eigenvalue weighted by molar-refractivity contribution is 5.78. The third-order valence-electron chi connectivity index (χ3n) is 4.86. The van der Waals surface area contributed by atoms with Crippen LogP contribution in [0.3, 0.4) is 0 Å². The second-order valence-corrected chi connectivity index (χ2v) is 7.11. The van der Waals surface area contributed by atoms with Crippen LogP contribution >= 0.6 is 0 Å². The fourth-order valence-corrected chi connectivity index (χ4v) is 2.89. The lowest BCUT2D eigenvalue weighted by molar-refractivity contribution is -0.123. The number of methoxy groups -OCH3 is 1. The smallest absolute Gasteiger partial charge is 0.234 e. The molecule has 1 aromatic rings. The highest BCUT2D eigenvalue weighted by atomic mass is 19.1. The minimum atomic E-state index is -0.245. The van der Waals surface area contributed by atoms with E-state index in [2.05, 4.69) is 29.0 Å². The number of hydrogen-bond donors (Lipinski definition) is 1. The van der Waals surface area contributed by atoms with Crippen molar-refractivity contribution in [2.75, 3.05) is 39.8 Å². The van der Waals surface area contributed by atoms with Crippen LogP contribution in [0.1, 0.15) is 26.3 Å². The summed E-state index contributed by atoms with van der Waals surface area (Å²) in [6, 6.07) is 4.80. The molecule has 6 heteroatoms. The highest BCUT2D eigenvalue weighted by Gasteiger charge is 2.21. The molecule has 0 bridgehead atoms. The minimum Gasteiger partial charge on any atom is -0.496 e. The molecule has 0 spiro atoms. The number of nitrogens with zero attached hydrogens (tertiary/aromatic N) is 2. The van der Waals surface area contributed by atoms with Gasteiger partial charge in [-0.25, -0.2) is 4.39 Å². The Kier molecular flexibility index (Phi) is 7.20. The zero-order valence-corrected chi connectivity index (χ0v) is 15.7. The summed E-state index contributed by atoms with van der Waals surface area (Å²) in [6.45, 7) is 10.7. The van der Waals surface area contributed by atoms with Crippen molar-refractivity contribution in [2.45, 2.75) is 33.4 Å². The lowest BCUT2D eigenvalue weighted by Gasteiger charge is -2.34. The first-order chi connectivity index (χ1) is 11.9. The first-order valence-electron chi connectivity index (χ1n) is 8.95.